The summed E-state index contributed by atoms with van der Waals surface area (Å²) in [5.74, 6) is 0. The van der Waals surface area contributed by atoms with E-state index >= 15 is 0 Å². The zero-order valence-electron chi connectivity index (χ0n) is 29.5. The molecular weight excluding hydrogens is 643 g/mol. The molecule has 0 radical (unpaired) electrons. The van der Waals surface area contributed by atoms with Gasteiger partial charge in [0, 0.05) is 17.1 Å². The van der Waals surface area contributed by atoms with E-state index in [1.54, 1.807) is 0 Å². The normalized spacial score (nSPS) is 12.6. The van der Waals surface area contributed by atoms with Crippen molar-refractivity contribution in [1.82, 2.24) is 0 Å². The summed E-state index contributed by atoms with van der Waals surface area (Å²) in [4.78, 5) is 2.48. The maximum atomic E-state index is 2.48. The summed E-state index contributed by atoms with van der Waals surface area (Å²) in [5, 5.41) is 5.70. The van der Waals surface area contributed by atoms with Gasteiger partial charge in [0.15, 0.2) is 8.07 Å². The van der Waals surface area contributed by atoms with Gasteiger partial charge in [-0.25, -0.2) is 0 Å². The van der Waals surface area contributed by atoms with Crippen LogP contribution < -0.4 is 25.6 Å². The third kappa shape index (κ3) is 5.31. The highest BCUT2D eigenvalue weighted by Crippen LogP contribution is 2.40. The molecule has 9 rings (SSSR count). The van der Waals surface area contributed by atoms with Crippen molar-refractivity contribution in [2.24, 2.45) is 0 Å². The number of rotatable bonds is 7. The third-order valence-electron chi connectivity index (χ3n) is 10.7. The summed E-state index contributed by atoms with van der Waals surface area (Å²) in [6.07, 6.45) is 0. The minimum absolute atomic E-state index is 1.14. The minimum Gasteiger partial charge on any atom is -0.311 e. The number of nitrogens with zero attached hydrogens (tertiary/aromatic N) is 1. The van der Waals surface area contributed by atoms with Gasteiger partial charge < -0.3 is 4.90 Å². The zero-order valence-corrected chi connectivity index (χ0v) is 30.5. The van der Waals surface area contributed by atoms with E-state index < -0.39 is 8.07 Å². The molecule has 0 saturated carbocycles. The van der Waals surface area contributed by atoms with Crippen molar-refractivity contribution in [3.8, 4) is 33.4 Å². The lowest BCUT2D eigenvalue weighted by atomic mass is 10.00. The largest absolute Gasteiger partial charge is 0.311 e. The van der Waals surface area contributed by atoms with E-state index in [9.17, 15) is 0 Å². The van der Waals surface area contributed by atoms with E-state index in [0.717, 1.165) is 11.4 Å². The van der Waals surface area contributed by atoms with E-state index in [0.29, 0.717) is 0 Å². The summed E-state index contributed by atoms with van der Waals surface area (Å²) in [6, 6.07) is 74.3. The molecule has 0 unspecified atom stereocenters. The number of hydrogen-bond acceptors (Lipinski definition) is 1. The molecule has 0 aliphatic carbocycles. The van der Waals surface area contributed by atoms with E-state index in [1.165, 1.54) is 70.9 Å². The molecule has 0 atom stereocenters. The summed E-state index contributed by atoms with van der Waals surface area (Å²) in [5.41, 5.74) is 13.6. The van der Waals surface area contributed by atoms with Crippen LogP contribution in [0.2, 0.25) is 0 Å². The molecule has 248 valence electrons. The molecule has 1 aliphatic rings. The number of aryl methyl sites for hydroxylation is 2. The van der Waals surface area contributed by atoms with E-state index in [-0.39, 0.29) is 0 Å². The molecule has 0 spiro atoms. The minimum atomic E-state index is -2.78. The lowest BCUT2D eigenvalue weighted by molar-refractivity contribution is 1.29. The highest BCUT2D eigenvalue weighted by atomic mass is 28.3. The second-order valence-corrected chi connectivity index (χ2v) is 17.6. The van der Waals surface area contributed by atoms with E-state index in [1.807, 2.05) is 0 Å². The van der Waals surface area contributed by atoms with Gasteiger partial charge >= 0.3 is 0 Å². The number of anilines is 3. The molecule has 0 N–H and O–H groups in total. The van der Waals surface area contributed by atoms with E-state index in [4.69, 9.17) is 0 Å². The highest BCUT2D eigenvalue weighted by molar-refractivity contribution is 7.22. The van der Waals surface area contributed by atoms with Gasteiger partial charge in [-0.3, -0.25) is 0 Å². The Morgan fingerprint density at radius 2 is 0.788 bits per heavy atom. The Labute approximate surface area is 308 Å². The fourth-order valence-electron chi connectivity index (χ4n) is 8.19. The first kappa shape index (κ1) is 31.7. The van der Waals surface area contributed by atoms with Crippen LogP contribution in [0.15, 0.2) is 200 Å². The van der Waals surface area contributed by atoms with Gasteiger partial charge in [0.05, 0.1) is 0 Å². The number of fused-ring (bicyclic) bond motifs is 3. The van der Waals surface area contributed by atoms with Gasteiger partial charge in [0.1, 0.15) is 0 Å². The first-order chi connectivity index (χ1) is 25.6. The predicted octanol–water partition coefficient (Wildman–Crippen LogP) is 10.5. The Morgan fingerprint density at radius 1 is 0.346 bits per heavy atom. The van der Waals surface area contributed by atoms with Crippen LogP contribution in [0, 0.1) is 13.8 Å². The Kier molecular flexibility index (Phi) is 8.03. The van der Waals surface area contributed by atoms with Crippen molar-refractivity contribution in [3.05, 3.63) is 211 Å². The number of hydrogen-bond donors (Lipinski definition) is 0. The van der Waals surface area contributed by atoms with Gasteiger partial charge in [-0.1, -0.05) is 181 Å². The van der Waals surface area contributed by atoms with Gasteiger partial charge in [-0.2, -0.15) is 0 Å². The Morgan fingerprint density at radius 3 is 1.37 bits per heavy atom. The summed E-state index contributed by atoms with van der Waals surface area (Å²) in [6.45, 7) is 4.37. The van der Waals surface area contributed by atoms with Crippen LogP contribution in [0.3, 0.4) is 0 Å². The third-order valence-corrected chi connectivity index (χ3v) is 15.6. The topological polar surface area (TPSA) is 3.24 Å². The Balaban J connectivity index is 1.25. The smallest absolute Gasteiger partial charge is 0.183 e. The van der Waals surface area contributed by atoms with Gasteiger partial charge in [-0.05, 0) is 98.3 Å². The van der Waals surface area contributed by atoms with Crippen LogP contribution in [0.25, 0.3) is 33.4 Å². The molecule has 1 nitrogen and oxygen atoms in total. The maximum absolute atomic E-state index is 2.78. The fraction of sp³-hybridized carbons (Fsp3) is 0.0400. The van der Waals surface area contributed by atoms with Crippen molar-refractivity contribution in [3.63, 3.8) is 0 Å². The average Bonchev–Trinajstić information content (AvgIpc) is 3.51. The van der Waals surface area contributed by atoms with Crippen LogP contribution in [0.1, 0.15) is 11.1 Å². The van der Waals surface area contributed by atoms with Crippen LogP contribution in [-0.4, -0.2) is 8.07 Å². The van der Waals surface area contributed by atoms with Gasteiger partial charge in [0.25, 0.3) is 0 Å². The average molecular weight is 682 g/mol. The van der Waals surface area contributed by atoms with Crippen molar-refractivity contribution in [2.45, 2.75) is 13.8 Å². The predicted molar refractivity (Wildman–Crippen MR) is 224 cm³/mol. The molecule has 2 heteroatoms. The lowest BCUT2D eigenvalue weighted by Gasteiger charge is -2.36. The number of benzene rings is 8. The molecule has 52 heavy (non-hydrogen) atoms. The summed E-state index contributed by atoms with van der Waals surface area (Å²) in [7, 11) is -2.78. The van der Waals surface area contributed by atoms with Crippen molar-refractivity contribution < 1.29 is 0 Å². The second-order valence-electron chi connectivity index (χ2n) is 13.9. The molecule has 0 amide bonds. The van der Waals surface area contributed by atoms with Crippen molar-refractivity contribution in [1.29, 1.82) is 0 Å². The van der Waals surface area contributed by atoms with Crippen LogP contribution >= 0.6 is 0 Å². The number of para-hydroxylation sites is 1. The molecule has 0 fully saturated rings. The summed E-state index contributed by atoms with van der Waals surface area (Å²) < 4.78 is 0. The standard InChI is InChI=1S/C50H39NSi/c1-36-20-32-44(33-21-36)52(45-34-22-37(2)23-35-45)49-19-10-9-16-46(49)47-17-11-18-48(50(47)52)51(42-14-7-4-8-15-42)43-30-28-41(29-31-43)40-26-24-39(25-27-40)38-12-5-3-6-13-38/h3-35H,1-2H3. The molecule has 0 bridgehead atoms. The molecule has 8 aromatic rings. The zero-order chi connectivity index (χ0) is 35.1. The van der Waals surface area contributed by atoms with Crippen LogP contribution in [0.4, 0.5) is 17.1 Å². The molecule has 1 heterocycles. The van der Waals surface area contributed by atoms with Crippen molar-refractivity contribution >= 4 is 45.9 Å². The molecule has 0 aromatic heterocycles. The molecule has 8 aromatic carbocycles. The monoisotopic (exact) mass is 681 g/mol. The quantitative estimate of drug-likeness (QED) is 0.151. The first-order valence-electron chi connectivity index (χ1n) is 18.1. The second kappa shape index (κ2) is 13.2. The maximum Gasteiger partial charge on any atom is 0.183 e. The molecule has 0 saturated heterocycles. The van der Waals surface area contributed by atoms with Gasteiger partial charge in [-0.15, -0.1) is 0 Å². The van der Waals surface area contributed by atoms with Crippen LogP contribution in [0.5, 0.6) is 0 Å². The fourth-order valence-corrected chi connectivity index (χ4v) is 13.5. The van der Waals surface area contributed by atoms with Crippen LogP contribution in [-0.2, 0) is 0 Å². The van der Waals surface area contributed by atoms with Crippen molar-refractivity contribution in [2.75, 3.05) is 4.90 Å². The van der Waals surface area contributed by atoms with Gasteiger partial charge in [0.2, 0.25) is 0 Å². The summed E-state index contributed by atoms with van der Waals surface area (Å²) >= 11 is 0. The molecule has 1 aliphatic heterocycles. The Hall–Kier alpha value is -6.22. The highest BCUT2D eigenvalue weighted by Gasteiger charge is 2.50. The van der Waals surface area contributed by atoms with E-state index in [2.05, 4.69) is 219 Å². The lowest BCUT2D eigenvalue weighted by Crippen LogP contribution is -2.73. The SMILES string of the molecule is Cc1ccc([Si]2(c3ccc(C)cc3)c3ccccc3-c3cccc(N(c4ccccc4)c4ccc(-c5ccc(-c6ccccc6)cc5)cc4)c32)cc1. The Bertz CT molecular complexity index is 2440. The first-order valence-corrected chi connectivity index (χ1v) is 20.1. The molecular formula is C50H39NSi.